The molecule has 0 bridgehead atoms. The van der Waals surface area contributed by atoms with Gasteiger partial charge in [-0.1, -0.05) is 0 Å². The first kappa shape index (κ1) is 20.7. The standard InChI is InChI=1S/C22H29NO2Se/c1-5-25-22(24)20(23-17(4)18-12-8-6-9-13-18)21(16(2)3)26-19-14-10-7-11-15-19/h6-17,20-21,23H,5H2,1-4H3/t17-,20?,21?/m0/s1. The molecular weight excluding hydrogens is 389 g/mol. The van der Waals surface area contributed by atoms with E-state index in [1.807, 2.05) is 31.2 Å². The number of esters is 1. The van der Waals surface area contributed by atoms with E-state index in [0.29, 0.717) is 12.5 Å². The molecule has 3 atom stereocenters. The van der Waals surface area contributed by atoms with Crippen LogP contribution >= 0.6 is 0 Å². The molecule has 0 aliphatic heterocycles. The summed E-state index contributed by atoms with van der Waals surface area (Å²) in [6.07, 6.45) is 0. The molecule has 0 aromatic heterocycles. The molecule has 0 saturated heterocycles. The quantitative estimate of drug-likeness (QED) is 0.498. The number of benzene rings is 2. The van der Waals surface area contributed by atoms with E-state index in [9.17, 15) is 4.79 Å². The Morgan fingerprint density at radius 3 is 2.12 bits per heavy atom. The third-order valence-corrected chi connectivity index (χ3v) is 7.70. The first-order valence-electron chi connectivity index (χ1n) is 9.22. The summed E-state index contributed by atoms with van der Waals surface area (Å²) in [4.78, 5) is 13.0. The van der Waals surface area contributed by atoms with Crippen molar-refractivity contribution < 1.29 is 9.53 Å². The van der Waals surface area contributed by atoms with Gasteiger partial charge in [-0.05, 0) is 0 Å². The predicted molar refractivity (Wildman–Crippen MR) is 109 cm³/mol. The fraction of sp³-hybridized carbons (Fsp3) is 0.409. The molecule has 1 N–H and O–H groups in total. The van der Waals surface area contributed by atoms with E-state index >= 15 is 0 Å². The fourth-order valence-electron chi connectivity index (χ4n) is 2.88. The van der Waals surface area contributed by atoms with Gasteiger partial charge in [0, 0.05) is 0 Å². The summed E-state index contributed by atoms with van der Waals surface area (Å²) in [7, 11) is 0. The Kier molecular flexibility index (Phi) is 8.37. The van der Waals surface area contributed by atoms with Crippen LogP contribution in [0, 0.1) is 5.92 Å². The molecule has 0 aliphatic carbocycles. The first-order chi connectivity index (χ1) is 12.5. The molecule has 0 aliphatic rings. The van der Waals surface area contributed by atoms with Crippen LogP contribution < -0.4 is 9.78 Å². The summed E-state index contributed by atoms with van der Waals surface area (Å²) < 4.78 is 6.73. The van der Waals surface area contributed by atoms with Crippen LogP contribution in [0.5, 0.6) is 0 Å². The van der Waals surface area contributed by atoms with Gasteiger partial charge in [0.2, 0.25) is 0 Å². The Morgan fingerprint density at radius 1 is 1.00 bits per heavy atom. The van der Waals surface area contributed by atoms with Crippen LogP contribution in [-0.2, 0) is 9.53 Å². The Hall–Kier alpha value is -1.61. The predicted octanol–water partition coefficient (Wildman–Crippen LogP) is 3.74. The van der Waals surface area contributed by atoms with E-state index in [2.05, 4.69) is 62.5 Å². The van der Waals surface area contributed by atoms with Gasteiger partial charge in [0.05, 0.1) is 0 Å². The van der Waals surface area contributed by atoms with Crippen molar-refractivity contribution in [2.75, 3.05) is 6.61 Å². The topological polar surface area (TPSA) is 38.3 Å². The molecule has 4 heteroatoms. The summed E-state index contributed by atoms with van der Waals surface area (Å²) in [6, 6.07) is 20.5. The van der Waals surface area contributed by atoms with E-state index in [0.717, 1.165) is 0 Å². The second kappa shape index (κ2) is 10.5. The van der Waals surface area contributed by atoms with Crippen LogP contribution in [0.1, 0.15) is 39.3 Å². The van der Waals surface area contributed by atoms with Crippen LogP contribution in [0.2, 0.25) is 4.82 Å². The number of ether oxygens (including phenoxy) is 1. The number of hydrogen-bond donors (Lipinski definition) is 1. The van der Waals surface area contributed by atoms with Gasteiger partial charge in [0.15, 0.2) is 0 Å². The van der Waals surface area contributed by atoms with E-state index in [1.165, 1.54) is 10.0 Å². The maximum atomic E-state index is 12.8. The zero-order valence-electron chi connectivity index (χ0n) is 16.0. The van der Waals surface area contributed by atoms with Crippen molar-refractivity contribution in [3.05, 3.63) is 66.2 Å². The molecule has 0 fully saturated rings. The second-order valence-electron chi connectivity index (χ2n) is 6.67. The molecule has 0 radical (unpaired) electrons. The van der Waals surface area contributed by atoms with Gasteiger partial charge in [-0.3, -0.25) is 0 Å². The molecule has 26 heavy (non-hydrogen) atoms. The molecule has 0 saturated carbocycles. The average molecular weight is 418 g/mol. The van der Waals surface area contributed by atoms with Crippen molar-refractivity contribution in [2.24, 2.45) is 5.92 Å². The Bertz CT molecular complexity index is 660. The molecule has 0 amide bonds. The number of carbonyl (C=O) groups excluding carboxylic acids is 1. The molecule has 2 rings (SSSR count). The summed E-state index contributed by atoms with van der Waals surface area (Å²) in [5, 5.41) is 3.56. The van der Waals surface area contributed by atoms with E-state index < -0.39 is 0 Å². The number of rotatable bonds is 9. The third-order valence-electron chi connectivity index (χ3n) is 4.27. The van der Waals surface area contributed by atoms with Crippen molar-refractivity contribution in [3.63, 3.8) is 0 Å². The van der Waals surface area contributed by atoms with E-state index in [4.69, 9.17) is 4.74 Å². The number of carbonyl (C=O) groups is 1. The van der Waals surface area contributed by atoms with Gasteiger partial charge in [-0.15, -0.1) is 0 Å². The van der Waals surface area contributed by atoms with Crippen molar-refractivity contribution in [1.29, 1.82) is 0 Å². The molecule has 2 aromatic rings. The van der Waals surface area contributed by atoms with Crippen LogP contribution in [0.3, 0.4) is 0 Å². The monoisotopic (exact) mass is 419 g/mol. The van der Waals surface area contributed by atoms with Gasteiger partial charge in [0.1, 0.15) is 0 Å². The van der Waals surface area contributed by atoms with Crippen molar-refractivity contribution in [1.82, 2.24) is 5.32 Å². The number of nitrogens with one attached hydrogen (secondary N) is 1. The van der Waals surface area contributed by atoms with Crippen LogP contribution in [0.4, 0.5) is 0 Å². The van der Waals surface area contributed by atoms with Crippen LogP contribution in [0.25, 0.3) is 0 Å². The Labute approximate surface area is 163 Å². The number of hydrogen-bond acceptors (Lipinski definition) is 3. The van der Waals surface area contributed by atoms with Gasteiger partial charge in [-0.2, -0.15) is 0 Å². The molecule has 2 unspecified atom stereocenters. The summed E-state index contributed by atoms with van der Waals surface area (Å²) in [6.45, 7) is 8.75. The molecule has 0 spiro atoms. The van der Waals surface area contributed by atoms with Crippen LogP contribution in [-0.4, -0.2) is 33.6 Å². The van der Waals surface area contributed by atoms with Gasteiger partial charge in [0.25, 0.3) is 0 Å². The Morgan fingerprint density at radius 2 is 1.58 bits per heavy atom. The molecule has 0 heterocycles. The first-order valence-corrected chi connectivity index (χ1v) is 11.1. The van der Waals surface area contributed by atoms with Crippen molar-refractivity contribution in [3.8, 4) is 0 Å². The minimum atomic E-state index is -0.314. The normalized spacial score (nSPS) is 14.7. The van der Waals surface area contributed by atoms with E-state index in [-0.39, 0.29) is 37.8 Å². The zero-order valence-corrected chi connectivity index (χ0v) is 17.7. The third kappa shape index (κ3) is 5.98. The molecule has 2 aromatic carbocycles. The summed E-state index contributed by atoms with van der Waals surface area (Å²) in [5.74, 6) is 0.229. The molecule has 3 nitrogen and oxygen atoms in total. The fourth-order valence-corrected chi connectivity index (χ4v) is 5.45. The molecule has 140 valence electrons. The SMILES string of the molecule is CCOC(=O)C(N[C@@H](C)c1ccccc1)C([Se]c1ccccc1)C(C)C. The molecular formula is C22H29NO2Se. The van der Waals surface area contributed by atoms with Crippen LogP contribution in [0.15, 0.2) is 60.7 Å². The maximum absolute atomic E-state index is 12.8. The van der Waals surface area contributed by atoms with Gasteiger partial charge in [-0.25, -0.2) is 0 Å². The van der Waals surface area contributed by atoms with Gasteiger partial charge >= 0.3 is 164 Å². The summed E-state index contributed by atoms with van der Waals surface area (Å²) in [5.41, 5.74) is 1.18. The second-order valence-corrected chi connectivity index (χ2v) is 9.29. The van der Waals surface area contributed by atoms with E-state index in [1.54, 1.807) is 0 Å². The average Bonchev–Trinajstić information content (AvgIpc) is 2.66. The minimum absolute atomic E-state index is 0.0819. The van der Waals surface area contributed by atoms with Gasteiger partial charge < -0.3 is 0 Å². The summed E-state index contributed by atoms with van der Waals surface area (Å²) >= 11 is 0.177. The van der Waals surface area contributed by atoms with Crippen molar-refractivity contribution >= 4 is 25.4 Å². The zero-order chi connectivity index (χ0) is 18.9. The Balaban J connectivity index is 2.23. The van der Waals surface area contributed by atoms with Crippen molar-refractivity contribution in [2.45, 2.75) is 44.6 Å².